The smallest absolute Gasteiger partial charge is 0.332 e. The van der Waals surface area contributed by atoms with E-state index < -0.39 is 12.1 Å². The molecule has 0 aliphatic carbocycles. The van der Waals surface area contributed by atoms with E-state index in [-0.39, 0.29) is 24.4 Å². The predicted molar refractivity (Wildman–Crippen MR) is 69.9 cm³/mol. The molecule has 0 heterocycles. The van der Waals surface area contributed by atoms with Crippen molar-refractivity contribution < 1.29 is 24.5 Å². The van der Waals surface area contributed by atoms with Crippen molar-refractivity contribution in [3.05, 3.63) is 0 Å². The molecule has 0 rings (SSSR count). The summed E-state index contributed by atoms with van der Waals surface area (Å²) in [5.41, 5.74) is -0.0755. The predicted octanol–water partition coefficient (Wildman–Crippen LogP) is 0.184. The maximum absolute atomic E-state index is 11.4. The van der Waals surface area contributed by atoms with Crippen molar-refractivity contribution in [3.63, 3.8) is 0 Å². The van der Waals surface area contributed by atoms with Crippen LogP contribution >= 0.6 is 0 Å². The van der Waals surface area contributed by atoms with Gasteiger partial charge in [0.05, 0.1) is 0 Å². The molecule has 112 valence electrons. The van der Waals surface area contributed by atoms with Crippen LogP contribution in [0.25, 0.3) is 0 Å². The molecule has 7 heteroatoms. The molecule has 0 fully saturated rings. The summed E-state index contributed by atoms with van der Waals surface area (Å²) in [7, 11) is 1.63. The van der Waals surface area contributed by atoms with Crippen molar-refractivity contribution in [1.29, 1.82) is 0 Å². The number of aliphatic hydroxyl groups is 1. The van der Waals surface area contributed by atoms with Gasteiger partial charge >= 0.3 is 12.0 Å². The number of carbonyl (C=O) groups excluding carboxylic acids is 1. The van der Waals surface area contributed by atoms with Crippen LogP contribution < -0.4 is 10.6 Å². The number of urea groups is 1. The number of hydrogen-bond acceptors (Lipinski definition) is 4. The second kappa shape index (κ2) is 8.71. The zero-order valence-electron chi connectivity index (χ0n) is 11.7. The summed E-state index contributed by atoms with van der Waals surface area (Å²) in [6, 6.07) is -0.372. The zero-order chi connectivity index (χ0) is 14.9. The van der Waals surface area contributed by atoms with Crippen LogP contribution in [-0.4, -0.2) is 55.1 Å². The molecule has 19 heavy (non-hydrogen) atoms. The van der Waals surface area contributed by atoms with E-state index >= 15 is 0 Å². The lowest BCUT2D eigenvalue weighted by atomic mass is 9.90. The fourth-order valence-electron chi connectivity index (χ4n) is 1.29. The molecule has 2 amide bonds. The van der Waals surface area contributed by atoms with Gasteiger partial charge in [-0.2, -0.15) is 0 Å². The maximum Gasteiger partial charge on any atom is 0.332 e. The highest BCUT2D eigenvalue weighted by Crippen LogP contribution is 2.18. The van der Waals surface area contributed by atoms with Crippen molar-refractivity contribution in [3.8, 4) is 0 Å². The Balaban J connectivity index is 3.78. The fraction of sp³-hybridized carbons (Fsp3) is 0.833. The van der Waals surface area contributed by atoms with Gasteiger partial charge < -0.3 is 25.6 Å². The summed E-state index contributed by atoms with van der Waals surface area (Å²) in [4.78, 5) is 21.8. The molecule has 0 aliphatic heterocycles. The minimum absolute atomic E-state index is 0.0180. The minimum atomic E-state index is -1.45. The van der Waals surface area contributed by atoms with Crippen LogP contribution in [0.5, 0.6) is 0 Å². The highest BCUT2D eigenvalue weighted by atomic mass is 16.5. The average molecular weight is 276 g/mol. The molecule has 0 spiro atoms. The van der Waals surface area contributed by atoms with Crippen LogP contribution in [0.1, 0.15) is 26.7 Å². The van der Waals surface area contributed by atoms with Crippen LogP contribution in [0.4, 0.5) is 4.79 Å². The average Bonchev–Trinajstić information content (AvgIpc) is 2.34. The van der Waals surface area contributed by atoms with Crippen LogP contribution in [0.3, 0.4) is 0 Å². The third-order valence-corrected chi connectivity index (χ3v) is 2.70. The molecule has 0 saturated carbocycles. The number of aliphatic carboxylic acids is 1. The number of aliphatic hydroxyl groups excluding tert-OH is 1. The summed E-state index contributed by atoms with van der Waals surface area (Å²) in [6.07, 6.45) is -0.643. The number of amides is 2. The Bertz CT molecular complexity index is 294. The summed E-state index contributed by atoms with van der Waals surface area (Å²) >= 11 is 0. The van der Waals surface area contributed by atoms with E-state index in [1.807, 2.05) is 13.8 Å². The standard InChI is InChI=1S/C12H24N2O5/c1-12(2,5-7-19-3)8-14-11(18)13-6-4-9(15)10(16)17/h9,15H,4-8H2,1-3H3,(H,16,17)(H2,13,14,18). The molecule has 7 nitrogen and oxygen atoms in total. The molecule has 1 atom stereocenters. The molecule has 1 unspecified atom stereocenters. The van der Waals surface area contributed by atoms with Gasteiger partial charge in [-0.3, -0.25) is 0 Å². The lowest BCUT2D eigenvalue weighted by Crippen LogP contribution is -2.42. The second-order valence-electron chi connectivity index (χ2n) is 5.16. The van der Waals surface area contributed by atoms with Crippen molar-refractivity contribution in [2.45, 2.75) is 32.8 Å². The number of rotatable bonds is 9. The Morgan fingerprint density at radius 1 is 1.32 bits per heavy atom. The Kier molecular flexibility index (Phi) is 8.09. The molecule has 0 bridgehead atoms. The largest absolute Gasteiger partial charge is 0.479 e. The minimum Gasteiger partial charge on any atom is -0.479 e. The van der Waals surface area contributed by atoms with Gasteiger partial charge in [-0.25, -0.2) is 9.59 Å². The summed E-state index contributed by atoms with van der Waals surface area (Å²) in [5, 5.41) is 22.7. The first kappa shape index (κ1) is 17.7. The fourth-order valence-corrected chi connectivity index (χ4v) is 1.29. The van der Waals surface area contributed by atoms with Crippen molar-refractivity contribution in [1.82, 2.24) is 10.6 Å². The maximum atomic E-state index is 11.4. The zero-order valence-corrected chi connectivity index (χ0v) is 11.7. The molecule has 0 saturated heterocycles. The van der Waals surface area contributed by atoms with Crippen LogP contribution in [-0.2, 0) is 9.53 Å². The number of nitrogens with one attached hydrogen (secondary N) is 2. The number of methoxy groups -OCH3 is 1. The Morgan fingerprint density at radius 2 is 1.95 bits per heavy atom. The Morgan fingerprint density at radius 3 is 2.47 bits per heavy atom. The highest BCUT2D eigenvalue weighted by Gasteiger charge is 2.18. The van der Waals surface area contributed by atoms with E-state index in [2.05, 4.69) is 10.6 Å². The number of hydrogen-bond donors (Lipinski definition) is 4. The molecule has 0 aromatic carbocycles. The first-order chi connectivity index (χ1) is 8.78. The molecule has 0 aliphatic rings. The van der Waals surface area contributed by atoms with Gasteiger partial charge in [0, 0.05) is 33.2 Å². The molecular weight excluding hydrogens is 252 g/mol. The number of carbonyl (C=O) groups is 2. The molecule has 0 aromatic rings. The van der Waals surface area contributed by atoms with Crippen LogP contribution in [0.2, 0.25) is 0 Å². The van der Waals surface area contributed by atoms with Gasteiger partial charge in [0.2, 0.25) is 0 Å². The molecule has 4 N–H and O–H groups in total. The SMILES string of the molecule is COCCC(C)(C)CNC(=O)NCCC(O)C(=O)O. The second-order valence-corrected chi connectivity index (χ2v) is 5.16. The lowest BCUT2D eigenvalue weighted by molar-refractivity contribution is -0.146. The van der Waals surface area contributed by atoms with E-state index in [0.29, 0.717) is 13.2 Å². The first-order valence-corrected chi connectivity index (χ1v) is 6.20. The summed E-state index contributed by atoms with van der Waals surface area (Å²) in [6.45, 7) is 5.25. The van der Waals surface area contributed by atoms with Gasteiger partial charge in [0.1, 0.15) is 0 Å². The topological polar surface area (TPSA) is 108 Å². The van der Waals surface area contributed by atoms with Gasteiger partial charge in [0.15, 0.2) is 6.10 Å². The quantitative estimate of drug-likeness (QED) is 0.480. The van der Waals surface area contributed by atoms with Crippen LogP contribution in [0, 0.1) is 5.41 Å². The van der Waals surface area contributed by atoms with E-state index in [1.165, 1.54) is 0 Å². The van der Waals surface area contributed by atoms with E-state index in [1.54, 1.807) is 7.11 Å². The number of ether oxygens (including phenoxy) is 1. The number of carboxylic acids is 1. The summed E-state index contributed by atoms with van der Waals surface area (Å²) < 4.78 is 4.99. The van der Waals surface area contributed by atoms with E-state index in [0.717, 1.165) is 6.42 Å². The highest BCUT2D eigenvalue weighted by molar-refractivity contribution is 5.74. The lowest BCUT2D eigenvalue weighted by Gasteiger charge is -2.24. The van der Waals surface area contributed by atoms with Crippen LogP contribution in [0.15, 0.2) is 0 Å². The van der Waals surface area contributed by atoms with Crippen molar-refractivity contribution >= 4 is 12.0 Å². The van der Waals surface area contributed by atoms with E-state index in [9.17, 15) is 9.59 Å². The van der Waals surface area contributed by atoms with Gasteiger partial charge in [-0.15, -0.1) is 0 Å². The molecule has 0 aromatic heterocycles. The normalized spacial score (nSPS) is 12.8. The molecule has 0 radical (unpaired) electrons. The monoisotopic (exact) mass is 276 g/mol. The Labute approximate surface area is 113 Å². The third-order valence-electron chi connectivity index (χ3n) is 2.70. The molecular formula is C12H24N2O5. The number of carboxylic acid groups (broad SMARTS) is 1. The third kappa shape index (κ3) is 9.26. The van der Waals surface area contributed by atoms with Crippen molar-refractivity contribution in [2.24, 2.45) is 5.41 Å². The first-order valence-electron chi connectivity index (χ1n) is 6.20. The Hall–Kier alpha value is -1.34. The van der Waals surface area contributed by atoms with Gasteiger partial charge in [-0.05, 0) is 11.8 Å². The van der Waals surface area contributed by atoms with Crippen molar-refractivity contribution in [2.75, 3.05) is 26.8 Å². The van der Waals surface area contributed by atoms with Gasteiger partial charge in [0.25, 0.3) is 0 Å². The summed E-state index contributed by atoms with van der Waals surface area (Å²) in [5.74, 6) is -1.29. The van der Waals surface area contributed by atoms with Gasteiger partial charge in [-0.1, -0.05) is 13.8 Å². The van der Waals surface area contributed by atoms with E-state index in [4.69, 9.17) is 14.9 Å².